The zero-order valence-corrected chi connectivity index (χ0v) is 19.7. The van der Waals surface area contributed by atoms with Crippen LogP contribution in [0.5, 0.6) is 17.2 Å². The normalized spacial score (nSPS) is 15.2. The van der Waals surface area contributed by atoms with E-state index in [1.54, 1.807) is 43.5 Å². The number of allylic oxidation sites excluding steroid dienone is 2. The van der Waals surface area contributed by atoms with Gasteiger partial charge in [-0.15, -0.1) is 0 Å². The number of nitrogens with two attached hydrogens (primary N) is 2. The van der Waals surface area contributed by atoms with Gasteiger partial charge >= 0.3 is 0 Å². The summed E-state index contributed by atoms with van der Waals surface area (Å²) in [6, 6.07) is 12.7. The molecule has 3 aromatic rings. The first kappa shape index (κ1) is 24.8. The fourth-order valence-electron chi connectivity index (χ4n) is 3.67. The number of aryl methyl sites for hydroxylation is 1. The minimum absolute atomic E-state index is 0.0431. The van der Waals surface area contributed by atoms with Crippen molar-refractivity contribution in [3.8, 4) is 23.3 Å². The van der Waals surface area contributed by atoms with Gasteiger partial charge in [0.15, 0.2) is 17.4 Å². The van der Waals surface area contributed by atoms with Crippen molar-refractivity contribution < 1.29 is 23.0 Å². The molecule has 0 saturated carbocycles. The van der Waals surface area contributed by atoms with Crippen molar-refractivity contribution in [2.45, 2.75) is 26.4 Å². The molecule has 2 aromatic carbocycles. The van der Waals surface area contributed by atoms with Crippen LogP contribution in [-0.4, -0.2) is 23.9 Å². The molecule has 4 rings (SSSR count). The van der Waals surface area contributed by atoms with Crippen LogP contribution in [0.2, 0.25) is 0 Å². The molecule has 0 amide bonds. The second-order valence-electron chi connectivity index (χ2n) is 8.18. The summed E-state index contributed by atoms with van der Waals surface area (Å²) in [6.45, 7) is 3.05. The van der Waals surface area contributed by atoms with Crippen LogP contribution in [-0.2, 0) is 11.3 Å². The van der Waals surface area contributed by atoms with E-state index in [4.69, 9.17) is 30.1 Å². The number of oxazole rings is 1. The number of nitrogens with zero attached hydrogens (tertiary/aromatic N) is 3. The molecule has 36 heavy (non-hydrogen) atoms. The number of ether oxygens (including phenoxy) is 3. The molecule has 186 valence electrons. The van der Waals surface area contributed by atoms with Gasteiger partial charge < -0.3 is 30.1 Å². The van der Waals surface area contributed by atoms with E-state index in [2.05, 4.69) is 9.98 Å². The topological polar surface area (TPSA) is 142 Å². The average Bonchev–Trinajstić information content (AvgIpc) is 3.31. The number of halogens is 1. The minimum atomic E-state index is -0.513. The van der Waals surface area contributed by atoms with E-state index in [1.807, 2.05) is 6.07 Å². The number of rotatable bonds is 8. The van der Waals surface area contributed by atoms with Gasteiger partial charge in [0, 0.05) is 50.0 Å². The van der Waals surface area contributed by atoms with Gasteiger partial charge in [-0.1, -0.05) is 0 Å². The highest BCUT2D eigenvalue weighted by Crippen LogP contribution is 2.29. The van der Waals surface area contributed by atoms with Gasteiger partial charge in [-0.3, -0.25) is 0 Å². The number of hydrogen-bond acceptors (Lipinski definition) is 9. The van der Waals surface area contributed by atoms with Crippen LogP contribution in [0.4, 0.5) is 10.1 Å². The lowest BCUT2D eigenvalue weighted by Crippen LogP contribution is -2.27. The quantitative estimate of drug-likeness (QED) is 0.434. The zero-order chi connectivity index (χ0) is 25.5. The van der Waals surface area contributed by atoms with Crippen molar-refractivity contribution in [1.82, 2.24) is 4.98 Å². The third-order valence-corrected chi connectivity index (χ3v) is 5.54. The minimum Gasteiger partial charge on any atom is -0.485 e. The Labute approximate surface area is 207 Å². The van der Waals surface area contributed by atoms with E-state index in [1.165, 1.54) is 12.1 Å². The molecule has 0 atom stereocenters. The van der Waals surface area contributed by atoms with E-state index in [9.17, 15) is 9.65 Å². The first-order valence-corrected chi connectivity index (χ1v) is 11.4. The van der Waals surface area contributed by atoms with Crippen molar-refractivity contribution in [2.24, 2.45) is 22.4 Å². The van der Waals surface area contributed by atoms with Gasteiger partial charge in [0.25, 0.3) is 0 Å². The molecule has 1 fully saturated rings. The predicted molar refractivity (Wildman–Crippen MR) is 130 cm³/mol. The third-order valence-electron chi connectivity index (χ3n) is 5.54. The largest absolute Gasteiger partial charge is 0.485 e. The van der Waals surface area contributed by atoms with E-state index in [0.717, 1.165) is 12.8 Å². The maximum absolute atomic E-state index is 14.1. The standard InChI is InChI=1S/C26H26FN5O4/c1-16-31-14-23(35-16)15-34-21-10-18(27)11-22(12-21)36-20-4-2-19(3-5-20)32-24(13-28)26(30)25(29)17-6-8-33-9-7-17/h2-5,10-12,14,17H,6-9,15,29-30H2,1H3/b26-25+,32-24?. The van der Waals surface area contributed by atoms with Crippen molar-refractivity contribution in [2.75, 3.05) is 13.2 Å². The molecule has 10 heteroatoms. The van der Waals surface area contributed by atoms with Crippen LogP contribution in [0.3, 0.4) is 0 Å². The summed E-state index contributed by atoms with van der Waals surface area (Å²) < 4.78 is 36.2. The molecular weight excluding hydrogens is 465 g/mol. The Morgan fingerprint density at radius 1 is 1.14 bits per heavy atom. The lowest BCUT2D eigenvalue weighted by Gasteiger charge is -2.23. The highest BCUT2D eigenvalue weighted by molar-refractivity contribution is 6.12. The Hall–Kier alpha value is -4.36. The molecule has 0 aliphatic carbocycles. The van der Waals surface area contributed by atoms with Crippen LogP contribution in [0, 0.1) is 30.0 Å². The maximum atomic E-state index is 14.1. The number of benzene rings is 2. The molecule has 1 aliphatic rings. The Balaban J connectivity index is 1.44. The molecule has 2 heterocycles. The summed E-state index contributed by atoms with van der Waals surface area (Å²) in [7, 11) is 0. The molecule has 1 aliphatic heterocycles. The van der Waals surface area contributed by atoms with Crippen LogP contribution in [0.25, 0.3) is 0 Å². The molecule has 0 bridgehead atoms. The predicted octanol–water partition coefficient (Wildman–Crippen LogP) is 4.65. The van der Waals surface area contributed by atoms with Gasteiger partial charge in [-0.05, 0) is 37.1 Å². The Bertz CT molecular complexity index is 1300. The highest BCUT2D eigenvalue weighted by Gasteiger charge is 2.20. The second kappa shape index (κ2) is 11.4. The van der Waals surface area contributed by atoms with Gasteiger partial charge in [-0.25, -0.2) is 14.4 Å². The average molecular weight is 492 g/mol. The number of aromatic nitrogens is 1. The SMILES string of the molecule is Cc1ncc(COc2cc(F)cc(Oc3ccc(N=C(C#N)/C(N)=C(\N)C4CCOCC4)cc3)c2)o1. The maximum Gasteiger partial charge on any atom is 0.191 e. The van der Waals surface area contributed by atoms with Crippen LogP contribution in [0.15, 0.2) is 69.5 Å². The van der Waals surface area contributed by atoms with Crippen LogP contribution >= 0.6 is 0 Å². The van der Waals surface area contributed by atoms with Gasteiger partial charge in [0.05, 0.1) is 17.6 Å². The summed E-state index contributed by atoms with van der Waals surface area (Å²) in [5.74, 6) is 1.58. The summed E-state index contributed by atoms with van der Waals surface area (Å²) in [6.07, 6.45) is 3.06. The van der Waals surface area contributed by atoms with Gasteiger partial charge in [0.2, 0.25) is 0 Å². The van der Waals surface area contributed by atoms with Gasteiger partial charge in [-0.2, -0.15) is 5.26 Å². The van der Waals surface area contributed by atoms with Crippen molar-refractivity contribution in [3.63, 3.8) is 0 Å². The molecule has 4 N–H and O–H groups in total. The smallest absolute Gasteiger partial charge is 0.191 e. The molecule has 9 nitrogen and oxygen atoms in total. The van der Waals surface area contributed by atoms with Crippen molar-refractivity contribution in [1.29, 1.82) is 5.26 Å². The number of aliphatic imine (C=N–C) groups is 1. The van der Waals surface area contributed by atoms with E-state index >= 15 is 0 Å². The fraction of sp³-hybridized carbons (Fsp3) is 0.269. The zero-order valence-electron chi connectivity index (χ0n) is 19.7. The summed E-state index contributed by atoms with van der Waals surface area (Å²) in [5.41, 5.74) is 13.5. The van der Waals surface area contributed by atoms with Crippen LogP contribution < -0.4 is 20.9 Å². The molecular formula is C26H26FN5O4. The Kier molecular flexibility index (Phi) is 7.82. The Morgan fingerprint density at radius 3 is 2.53 bits per heavy atom. The van der Waals surface area contributed by atoms with Gasteiger partial charge in [0.1, 0.15) is 35.7 Å². The molecule has 1 saturated heterocycles. The molecule has 0 unspecified atom stereocenters. The molecule has 1 aromatic heterocycles. The number of nitriles is 1. The second-order valence-corrected chi connectivity index (χ2v) is 8.18. The van der Waals surface area contributed by atoms with E-state index < -0.39 is 5.82 Å². The highest BCUT2D eigenvalue weighted by atomic mass is 19.1. The molecule has 0 spiro atoms. The summed E-state index contributed by atoms with van der Waals surface area (Å²) in [4.78, 5) is 8.33. The monoisotopic (exact) mass is 491 g/mol. The lowest BCUT2D eigenvalue weighted by atomic mass is 9.94. The van der Waals surface area contributed by atoms with E-state index in [0.29, 0.717) is 42.0 Å². The Morgan fingerprint density at radius 2 is 1.86 bits per heavy atom. The third kappa shape index (κ3) is 6.40. The molecule has 0 radical (unpaired) electrons. The first-order valence-electron chi connectivity index (χ1n) is 11.4. The van der Waals surface area contributed by atoms with Crippen molar-refractivity contribution in [3.05, 3.63) is 77.5 Å². The van der Waals surface area contributed by atoms with Crippen LogP contribution in [0.1, 0.15) is 24.5 Å². The van der Waals surface area contributed by atoms with E-state index in [-0.39, 0.29) is 35.4 Å². The first-order chi connectivity index (χ1) is 17.4. The lowest BCUT2D eigenvalue weighted by molar-refractivity contribution is 0.0752. The fourth-order valence-corrected chi connectivity index (χ4v) is 3.67. The number of hydrogen-bond donors (Lipinski definition) is 2. The summed E-state index contributed by atoms with van der Waals surface area (Å²) >= 11 is 0. The summed E-state index contributed by atoms with van der Waals surface area (Å²) in [5, 5.41) is 9.57. The van der Waals surface area contributed by atoms with Crippen molar-refractivity contribution >= 4 is 11.4 Å².